The van der Waals surface area contributed by atoms with Crippen LogP contribution in [0.1, 0.15) is 49.5 Å². The number of aromatic nitrogens is 1. The number of aromatic carboxylic acids is 1. The normalized spacial score (nSPS) is 23.7. The molecule has 1 saturated carbocycles. The van der Waals surface area contributed by atoms with Crippen molar-refractivity contribution < 1.29 is 18.3 Å². The molecule has 1 fully saturated rings. The molecule has 21 heavy (non-hydrogen) atoms. The quantitative estimate of drug-likeness (QED) is 0.832. The second kappa shape index (κ2) is 6.19. The number of rotatable bonds is 4. The Morgan fingerprint density at radius 1 is 1.33 bits per heavy atom. The molecule has 1 aliphatic carbocycles. The van der Waals surface area contributed by atoms with Gasteiger partial charge in [-0.3, -0.25) is 0 Å². The van der Waals surface area contributed by atoms with E-state index in [1.807, 2.05) is 0 Å². The average Bonchev–Trinajstić information content (AvgIpc) is 2.68. The summed E-state index contributed by atoms with van der Waals surface area (Å²) in [6.07, 6.45) is 6.17. The monoisotopic (exact) mass is 314 g/mol. The minimum atomic E-state index is -3.66. The Hall–Kier alpha value is -1.34. The molecule has 0 saturated heterocycles. The summed E-state index contributed by atoms with van der Waals surface area (Å²) in [6.45, 7) is 2.19. The van der Waals surface area contributed by atoms with Crippen LogP contribution in [0.25, 0.3) is 0 Å². The highest BCUT2D eigenvalue weighted by molar-refractivity contribution is 7.89. The number of carboxylic acid groups (broad SMARTS) is 1. The van der Waals surface area contributed by atoms with Crippen LogP contribution >= 0.6 is 0 Å². The van der Waals surface area contributed by atoms with E-state index in [9.17, 15) is 13.2 Å². The Morgan fingerprint density at radius 3 is 2.67 bits per heavy atom. The first-order valence-corrected chi connectivity index (χ1v) is 8.70. The smallest absolute Gasteiger partial charge is 0.352 e. The van der Waals surface area contributed by atoms with E-state index >= 15 is 0 Å². The van der Waals surface area contributed by atoms with E-state index in [1.165, 1.54) is 23.9 Å². The molecule has 0 radical (unpaired) electrons. The molecule has 0 aliphatic heterocycles. The maximum absolute atomic E-state index is 12.4. The zero-order chi connectivity index (χ0) is 15.6. The summed E-state index contributed by atoms with van der Waals surface area (Å²) in [5.74, 6) is -0.503. The minimum absolute atomic E-state index is 0.0136. The number of aryl methyl sites for hydroxylation is 1. The third kappa shape index (κ3) is 3.85. The first-order valence-electron chi connectivity index (χ1n) is 7.21. The zero-order valence-corrected chi connectivity index (χ0v) is 13.2. The van der Waals surface area contributed by atoms with Crippen LogP contribution in [0.4, 0.5) is 0 Å². The molecule has 2 atom stereocenters. The summed E-state index contributed by atoms with van der Waals surface area (Å²) in [7, 11) is -2.14. The molecule has 0 amide bonds. The van der Waals surface area contributed by atoms with Gasteiger partial charge in [0.05, 0.1) is 0 Å². The fraction of sp³-hybridized carbons (Fsp3) is 0.643. The van der Waals surface area contributed by atoms with Gasteiger partial charge in [0.25, 0.3) is 0 Å². The fourth-order valence-corrected chi connectivity index (χ4v) is 4.16. The predicted molar refractivity (Wildman–Crippen MR) is 78.7 cm³/mol. The van der Waals surface area contributed by atoms with Crippen LogP contribution in [0.3, 0.4) is 0 Å². The van der Waals surface area contributed by atoms with E-state index in [0.29, 0.717) is 5.92 Å². The van der Waals surface area contributed by atoms with Gasteiger partial charge in [0.2, 0.25) is 10.0 Å². The number of nitrogens with zero attached hydrogens (tertiary/aromatic N) is 1. The Bertz CT molecular complexity index is 621. The second-order valence-electron chi connectivity index (χ2n) is 5.91. The Kier molecular flexibility index (Phi) is 4.73. The molecule has 1 aromatic heterocycles. The number of sulfonamides is 1. The van der Waals surface area contributed by atoms with Gasteiger partial charge >= 0.3 is 5.97 Å². The van der Waals surface area contributed by atoms with Crippen LogP contribution in [0.15, 0.2) is 17.2 Å². The van der Waals surface area contributed by atoms with Crippen molar-refractivity contribution in [2.24, 2.45) is 13.0 Å². The summed E-state index contributed by atoms with van der Waals surface area (Å²) >= 11 is 0. The van der Waals surface area contributed by atoms with Gasteiger partial charge in [-0.25, -0.2) is 17.9 Å². The van der Waals surface area contributed by atoms with Crippen molar-refractivity contribution in [1.82, 2.24) is 9.29 Å². The summed E-state index contributed by atoms with van der Waals surface area (Å²) in [4.78, 5) is 11.0. The van der Waals surface area contributed by atoms with Crippen LogP contribution in [0.2, 0.25) is 0 Å². The summed E-state index contributed by atoms with van der Waals surface area (Å²) in [6, 6.07) is 1.14. The van der Waals surface area contributed by atoms with E-state index in [1.54, 1.807) is 0 Å². The molecule has 118 valence electrons. The number of carbonyl (C=O) groups is 1. The molecule has 6 nitrogen and oxygen atoms in total. The highest BCUT2D eigenvalue weighted by atomic mass is 32.2. The number of carboxylic acids is 1. The van der Waals surface area contributed by atoms with Crippen LogP contribution in [-0.4, -0.2) is 30.1 Å². The van der Waals surface area contributed by atoms with Gasteiger partial charge < -0.3 is 9.67 Å². The Balaban J connectivity index is 2.14. The minimum Gasteiger partial charge on any atom is -0.477 e. The Morgan fingerprint density at radius 2 is 2.05 bits per heavy atom. The van der Waals surface area contributed by atoms with E-state index in [4.69, 9.17) is 5.11 Å². The average molecular weight is 314 g/mol. The fourth-order valence-electron chi connectivity index (χ4n) is 2.79. The molecule has 7 heteroatoms. The van der Waals surface area contributed by atoms with Gasteiger partial charge in [-0.1, -0.05) is 19.8 Å². The van der Waals surface area contributed by atoms with Gasteiger partial charge in [0, 0.05) is 19.3 Å². The number of hydrogen-bond donors (Lipinski definition) is 2. The molecular weight excluding hydrogens is 292 g/mol. The third-order valence-electron chi connectivity index (χ3n) is 4.09. The van der Waals surface area contributed by atoms with Gasteiger partial charge in [-0.2, -0.15) is 0 Å². The molecule has 2 N–H and O–H groups in total. The van der Waals surface area contributed by atoms with Crippen LogP contribution in [0.5, 0.6) is 0 Å². The summed E-state index contributed by atoms with van der Waals surface area (Å²) < 4.78 is 28.8. The maximum atomic E-state index is 12.4. The van der Waals surface area contributed by atoms with Crippen molar-refractivity contribution in [1.29, 1.82) is 0 Å². The van der Waals surface area contributed by atoms with Crippen molar-refractivity contribution in [3.8, 4) is 0 Å². The van der Waals surface area contributed by atoms with E-state index in [-0.39, 0.29) is 16.6 Å². The van der Waals surface area contributed by atoms with Crippen LogP contribution < -0.4 is 4.72 Å². The van der Waals surface area contributed by atoms with E-state index < -0.39 is 16.0 Å². The molecule has 2 rings (SSSR count). The zero-order valence-electron chi connectivity index (χ0n) is 12.4. The SMILES string of the molecule is CC1CCCC(NS(=O)(=O)c2cc(C(=O)O)n(C)c2)CC1. The van der Waals surface area contributed by atoms with Crippen molar-refractivity contribution in [3.05, 3.63) is 18.0 Å². The summed E-state index contributed by atoms with van der Waals surface area (Å²) in [5, 5.41) is 9.00. The lowest BCUT2D eigenvalue weighted by molar-refractivity contribution is 0.0686. The lowest BCUT2D eigenvalue weighted by Gasteiger charge is -2.15. The van der Waals surface area contributed by atoms with Gasteiger partial charge in [0.15, 0.2) is 0 Å². The van der Waals surface area contributed by atoms with Gasteiger partial charge in [0.1, 0.15) is 10.6 Å². The lowest BCUT2D eigenvalue weighted by atomic mass is 10.0. The van der Waals surface area contributed by atoms with Crippen LogP contribution in [-0.2, 0) is 17.1 Å². The van der Waals surface area contributed by atoms with Crippen LogP contribution in [0, 0.1) is 5.92 Å². The molecule has 0 spiro atoms. The molecular formula is C14H22N2O4S. The predicted octanol–water partition coefficient (Wildman–Crippen LogP) is 1.97. The summed E-state index contributed by atoms with van der Waals surface area (Å²) in [5.41, 5.74) is -0.0372. The van der Waals surface area contributed by atoms with Crippen molar-refractivity contribution in [2.75, 3.05) is 0 Å². The standard InChI is InChI=1S/C14H22N2O4S/c1-10-4-3-5-11(7-6-10)15-21(19,20)12-8-13(14(17)18)16(2)9-12/h8-11,15H,3-7H2,1-2H3,(H,17,18). The maximum Gasteiger partial charge on any atom is 0.352 e. The highest BCUT2D eigenvalue weighted by Crippen LogP contribution is 2.24. The number of hydrogen-bond acceptors (Lipinski definition) is 3. The van der Waals surface area contributed by atoms with Crippen molar-refractivity contribution in [2.45, 2.75) is 50.0 Å². The third-order valence-corrected chi connectivity index (χ3v) is 5.58. The molecule has 0 bridgehead atoms. The second-order valence-corrected chi connectivity index (χ2v) is 7.62. The van der Waals surface area contributed by atoms with E-state index in [0.717, 1.165) is 32.1 Å². The molecule has 2 unspecified atom stereocenters. The molecule has 1 aliphatic rings. The molecule has 0 aromatic carbocycles. The Labute approximate surface area is 125 Å². The van der Waals surface area contributed by atoms with Gasteiger partial charge in [-0.15, -0.1) is 0 Å². The topological polar surface area (TPSA) is 88.4 Å². The first-order chi connectivity index (χ1) is 9.79. The highest BCUT2D eigenvalue weighted by Gasteiger charge is 2.25. The van der Waals surface area contributed by atoms with E-state index in [2.05, 4.69) is 11.6 Å². The largest absolute Gasteiger partial charge is 0.477 e. The first kappa shape index (κ1) is 16.0. The van der Waals surface area contributed by atoms with Gasteiger partial charge in [-0.05, 0) is 31.2 Å². The van der Waals surface area contributed by atoms with Crippen molar-refractivity contribution in [3.63, 3.8) is 0 Å². The number of nitrogens with one attached hydrogen (secondary N) is 1. The van der Waals surface area contributed by atoms with Crippen molar-refractivity contribution >= 4 is 16.0 Å². The lowest BCUT2D eigenvalue weighted by Crippen LogP contribution is -2.34. The molecule has 1 heterocycles. The molecule has 1 aromatic rings.